The van der Waals surface area contributed by atoms with Crippen molar-refractivity contribution in [3.8, 4) is 0 Å². The summed E-state index contributed by atoms with van der Waals surface area (Å²) >= 11 is 0. The lowest BCUT2D eigenvalue weighted by Gasteiger charge is -2.09. The van der Waals surface area contributed by atoms with Crippen LogP contribution in [0.4, 0.5) is 5.69 Å². The number of aromatic carboxylic acids is 1. The fourth-order valence-electron chi connectivity index (χ4n) is 1.80. The Balaban J connectivity index is 2.23. The number of hydrogen-bond acceptors (Lipinski definition) is 3. The molecule has 0 aliphatic rings. The maximum absolute atomic E-state index is 12.1. The zero-order valence-electron chi connectivity index (χ0n) is 11.1. The molecule has 0 aliphatic carbocycles. The normalized spacial score (nSPS) is 11.0. The molecule has 0 saturated heterocycles. The Kier molecular flexibility index (Phi) is 4.42. The third-order valence-corrected chi connectivity index (χ3v) is 3.83. The van der Waals surface area contributed by atoms with E-state index in [-0.39, 0.29) is 16.4 Å². The maximum Gasteiger partial charge on any atom is 0.356 e. The molecule has 0 bridgehead atoms. The molecule has 22 heavy (non-hydrogen) atoms. The van der Waals surface area contributed by atoms with Crippen LogP contribution in [-0.4, -0.2) is 26.8 Å². The van der Waals surface area contributed by atoms with Crippen LogP contribution in [0.25, 0.3) is 0 Å². The van der Waals surface area contributed by atoms with Gasteiger partial charge in [0.05, 0.1) is 16.4 Å². The Morgan fingerprint density at radius 2 is 1.45 bits per heavy atom. The van der Waals surface area contributed by atoms with Gasteiger partial charge in [-0.1, -0.05) is 12.1 Å². The van der Waals surface area contributed by atoms with Crippen LogP contribution in [0.2, 0.25) is 0 Å². The van der Waals surface area contributed by atoms with E-state index in [2.05, 4.69) is 5.32 Å². The van der Waals surface area contributed by atoms with Crippen LogP contribution in [0.5, 0.6) is 0 Å². The molecule has 0 unspecified atom stereocenters. The van der Waals surface area contributed by atoms with Crippen LogP contribution in [0.3, 0.4) is 0 Å². The average molecular weight is 321 g/mol. The predicted octanol–water partition coefficient (Wildman–Crippen LogP) is 1.44. The van der Waals surface area contributed by atoms with E-state index in [4.69, 9.17) is 14.9 Å². The average Bonchev–Trinajstić information content (AvgIpc) is 2.46. The van der Waals surface area contributed by atoms with Crippen molar-refractivity contribution in [2.75, 3.05) is 5.32 Å². The molecule has 7 nitrogen and oxygen atoms in total. The number of hydrogen-bond donors (Lipinski definition) is 4. The molecule has 0 aromatic heterocycles. The van der Waals surface area contributed by atoms with E-state index in [0.29, 0.717) is 5.69 Å². The van der Waals surface area contributed by atoms with E-state index in [1.54, 1.807) is 0 Å². The summed E-state index contributed by atoms with van der Waals surface area (Å²) < 4.78 is 11.0. The summed E-state index contributed by atoms with van der Waals surface area (Å²) in [6, 6.07) is 10.8. The Bertz CT molecular complexity index is 765. The molecule has 2 aromatic carbocycles. The SMILES string of the molecule is O=C(O)c1ccccc1C(=O)Nc1ccc(P(=O)(O)O)cc1. The van der Waals surface area contributed by atoms with Crippen molar-refractivity contribution in [2.24, 2.45) is 0 Å². The van der Waals surface area contributed by atoms with Gasteiger partial charge in [0, 0.05) is 5.69 Å². The maximum atomic E-state index is 12.1. The zero-order valence-corrected chi connectivity index (χ0v) is 12.0. The van der Waals surface area contributed by atoms with E-state index >= 15 is 0 Å². The fraction of sp³-hybridized carbons (Fsp3) is 0. The monoisotopic (exact) mass is 321 g/mol. The minimum atomic E-state index is -4.34. The van der Waals surface area contributed by atoms with Gasteiger partial charge in [0.1, 0.15) is 0 Å². The number of amides is 1. The topological polar surface area (TPSA) is 124 Å². The van der Waals surface area contributed by atoms with Crippen molar-refractivity contribution in [3.05, 3.63) is 59.7 Å². The van der Waals surface area contributed by atoms with Gasteiger partial charge in [-0.05, 0) is 36.4 Å². The van der Waals surface area contributed by atoms with Crippen molar-refractivity contribution in [3.63, 3.8) is 0 Å². The van der Waals surface area contributed by atoms with Crippen molar-refractivity contribution >= 4 is 30.5 Å². The first-order valence-corrected chi connectivity index (χ1v) is 7.70. The van der Waals surface area contributed by atoms with Crippen LogP contribution < -0.4 is 10.6 Å². The smallest absolute Gasteiger partial charge is 0.356 e. The van der Waals surface area contributed by atoms with E-state index in [9.17, 15) is 14.2 Å². The second kappa shape index (κ2) is 6.11. The molecular formula is C14H12NO6P. The molecule has 0 saturated carbocycles. The molecule has 8 heteroatoms. The van der Waals surface area contributed by atoms with E-state index in [0.717, 1.165) is 0 Å². The van der Waals surface area contributed by atoms with E-state index in [1.165, 1.54) is 48.5 Å². The number of carbonyl (C=O) groups is 2. The van der Waals surface area contributed by atoms with Crippen LogP contribution in [0.1, 0.15) is 20.7 Å². The highest BCUT2D eigenvalue weighted by molar-refractivity contribution is 7.60. The molecule has 1 amide bonds. The van der Waals surface area contributed by atoms with E-state index < -0.39 is 19.5 Å². The lowest BCUT2D eigenvalue weighted by atomic mass is 10.1. The van der Waals surface area contributed by atoms with Crippen molar-refractivity contribution in [1.29, 1.82) is 0 Å². The molecule has 0 aliphatic heterocycles. The highest BCUT2D eigenvalue weighted by Crippen LogP contribution is 2.33. The first kappa shape index (κ1) is 15.9. The minimum Gasteiger partial charge on any atom is -0.478 e. The summed E-state index contributed by atoms with van der Waals surface area (Å²) in [6.07, 6.45) is 0. The Hall–Kier alpha value is -2.47. The van der Waals surface area contributed by atoms with Gasteiger partial charge < -0.3 is 20.2 Å². The first-order chi connectivity index (χ1) is 10.3. The number of benzene rings is 2. The quantitative estimate of drug-likeness (QED) is 0.632. The van der Waals surface area contributed by atoms with Gasteiger partial charge in [0.2, 0.25) is 0 Å². The minimum absolute atomic E-state index is 0.00550. The van der Waals surface area contributed by atoms with Gasteiger partial charge in [-0.3, -0.25) is 9.36 Å². The van der Waals surface area contributed by atoms with Crippen molar-refractivity contribution < 1.29 is 29.0 Å². The first-order valence-electron chi connectivity index (χ1n) is 6.09. The van der Waals surface area contributed by atoms with Gasteiger partial charge in [0.25, 0.3) is 5.91 Å². The lowest BCUT2D eigenvalue weighted by Crippen LogP contribution is -2.16. The second-order valence-corrected chi connectivity index (χ2v) is 6.00. The highest BCUT2D eigenvalue weighted by Gasteiger charge is 2.18. The molecule has 0 heterocycles. The van der Waals surface area contributed by atoms with Gasteiger partial charge in [-0.2, -0.15) is 0 Å². The van der Waals surface area contributed by atoms with Gasteiger partial charge in [0.15, 0.2) is 0 Å². The van der Waals surface area contributed by atoms with E-state index in [1.807, 2.05) is 0 Å². The summed E-state index contributed by atoms with van der Waals surface area (Å²) in [7, 11) is -4.34. The standard InChI is InChI=1S/C14H12NO6P/c16-13(11-3-1-2-4-12(11)14(17)18)15-9-5-7-10(8-6-9)22(19,20)21/h1-8H,(H,15,16)(H,17,18)(H2,19,20,21). The summed E-state index contributed by atoms with van der Waals surface area (Å²) in [4.78, 5) is 41.2. The van der Waals surface area contributed by atoms with Gasteiger partial charge in [-0.15, -0.1) is 0 Å². The number of anilines is 1. The molecule has 0 atom stereocenters. The number of nitrogens with one attached hydrogen (secondary N) is 1. The van der Waals surface area contributed by atoms with Crippen LogP contribution in [0, 0.1) is 0 Å². The van der Waals surface area contributed by atoms with Gasteiger partial charge >= 0.3 is 13.6 Å². The molecule has 4 N–H and O–H groups in total. The van der Waals surface area contributed by atoms with Crippen molar-refractivity contribution in [2.45, 2.75) is 0 Å². The Morgan fingerprint density at radius 3 is 1.95 bits per heavy atom. The van der Waals surface area contributed by atoms with Crippen molar-refractivity contribution in [1.82, 2.24) is 0 Å². The molecule has 2 aromatic rings. The van der Waals surface area contributed by atoms with Crippen LogP contribution in [0.15, 0.2) is 48.5 Å². The molecule has 2 rings (SSSR count). The molecule has 0 fully saturated rings. The zero-order chi connectivity index (χ0) is 16.3. The second-order valence-electron chi connectivity index (χ2n) is 4.40. The third kappa shape index (κ3) is 3.59. The molecule has 0 radical (unpaired) electrons. The number of carbonyl (C=O) groups excluding carboxylic acids is 1. The number of rotatable bonds is 4. The fourth-order valence-corrected chi connectivity index (χ4v) is 2.34. The summed E-state index contributed by atoms with van der Waals surface area (Å²) in [5, 5.41) is 11.3. The molecule has 0 spiro atoms. The lowest BCUT2D eigenvalue weighted by molar-refractivity contribution is 0.0692. The third-order valence-electron chi connectivity index (χ3n) is 2.86. The Labute approximate surface area is 125 Å². The Morgan fingerprint density at radius 1 is 0.909 bits per heavy atom. The predicted molar refractivity (Wildman–Crippen MR) is 79.5 cm³/mol. The van der Waals surface area contributed by atoms with Gasteiger partial charge in [-0.25, -0.2) is 4.79 Å². The largest absolute Gasteiger partial charge is 0.478 e. The summed E-state index contributed by atoms with van der Waals surface area (Å²) in [5.74, 6) is -1.84. The molecule has 114 valence electrons. The summed E-state index contributed by atoms with van der Waals surface area (Å²) in [5.41, 5.74) is 0.156. The molecular weight excluding hydrogens is 309 g/mol. The van der Waals surface area contributed by atoms with Crippen LogP contribution >= 0.6 is 7.60 Å². The number of carboxylic acid groups (broad SMARTS) is 1. The highest BCUT2D eigenvalue weighted by atomic mass is 31.2. The number of carboxylic acids is 1. The van der Waals surface area contributed by atoms with Crippen LogP contribution in [-0.2, 0) is 4.57 Å². The summed E-state index contributed by atoms with van der Waals surface area (Å²) in [6.45, 7) is 0.